The van der Waals surface area contributed by atoms with E-state index in [1.807, 2.05) is 0 Å². The molecule has 1 heterocycles. The highest BCUT2D eigenvalue weighted by atomic mass is 19.4. The van der Waals surface area contributed by atoms with Crippen LogP contribution in [0, 0.1) is 0 Å². The summed E-state index contributed by atoms with van der Waals surface area (Å²) in [6.07, 6.45) is -3.66. The predicted molar refractivity (Wildman–Crippen MR) is 71.0 cm³/mol. The van der Waals surface area contributed by atoms with E-state index in [1.54, 1.807) is 13.0 Å². The van der Waals surface area contributed by atoms with Gasteiger partial charge in [-0.25, -0.2) is 0 Å². The first kappa shape index (κ1) is 15.3. The highest BCUT2D eigenvalue weighted by Gasteiger charge is 2.39. The number of amides is 2. The summed E-state index contributed by atoms with van der Waals surface area (Å²) >= 11 is 0. The minimum atomic E-state index is -4.53. The lowest BCUT2D eigenvalue weighted by atomic mass is 10.1. The van der Waals surface area contributed by atoms with Gasteiger partial charge in [0.1, 0.15) is 12.6 Å². The predicted octanol–water partition coefficient (Wildman–Crippen LogP) is 2.49. The van der Waals surface area contributed by atoms with Gasteiger partial charge in [-0.05, 0) is 18.6 Å². The molecule has 2 rings (SSSR count). The summed E-state index contributed by atoms with van der Waals surface area (Å²) in [5.41, 5.74) is 0.0737. The number of nitrogens with zero attached hydrogens (tertiary/aromatic N) is 1. The van der Waals surface area contributed by atoms with Gasteiger partial charge in [-0.1, -0.05) is 25.5 Å². The number of halogens is 3. The molecule has 7 heteroatoms. The van der Waals surface area contributed by atoms with E-state index in [1.165, 1.54) is 18.2 Å². The van der Waals surface area contributed by atoms with E-state index in [0.29, 0.717) is 17.7 Å². The Morgan fingerprint density at radius 2 is 1.90 bits per heavy atom. The Morgan fingerprint density at radius 1 is 1.24 bits per heavy atom. The maximum atomic E-state index is 12.8. The van der Waals surface area contributed by atoms with Crippen LogP contribution in [0.5, 0.6) is 0 Å². The number of nitrogens with one attached hydrogen (secondary N) is 1. The average molecular weight is 300 g/mol. The van der Waals surface area contributed by atoms with Gasteiger partial charge in [0.05, 0.1) is 11.3 Å². The molecule has 1 aromatic carbocycles. The number of rotatable bonds is 3. The van der Waals surface area contributed by atoms with Crippen LogP contribution in [0.4, 0.5) is 18.9 Å². The van der Waals surface area contributed by atoms with E-state index >= 15 is 0 Å². The minimum Gasteiger partial charge on any atom is -0.340 e. The molecular weight excluding hydrogens is 285 g/mol. The van der Waals surface area contributed by atoms with Crippen molar-refractivity contribution < 1.29 is 22.8 Å². The third-order valence-electron chi connectivity index (χ3n) is 3.22. The lowest BCUT2D eigenvalue weighted by molar-refractivity contribution is -0.133. The lowest BCUT2D eigenvalue weighted by Gasteiger charge is -2.26. The third-order valence-corrected chi connectivity index (χ3v) is 3.22. The Morgan fingerprint density at radius 3 is 2.52 bits per heavy atom. The van der Waals surface area contributed by atoms with Crippen molar-refractivity contribution in [3.05, 3.63) is 29.8 Å². The number of benzene rings is 1. The second-order valence-electron chi connectivity index (χ2n) is 4.87. The van der Waals surface area contributed by atoms with Crippen molar-refractivity contribution in [1.82, 2.24) is 5.32 Å². The highest BCUT2D eigenvalue weighted by Crippen LogP contribution is 2.28. The van der Waals surface area contributed by atoms with Crippen molar-refractivity contribution in [3.63, 3.8) is 0 Å². The molecule has 0 saturated heterocycles. The fraction of sp³-hybridized carbons (Fsp3) is 0.429. The van der Waals surface area contributed by atoms with Gasteiger partial charge in [0.25, 0.3) is 5.91 Å². The molecule has 1 atom stereocenters. The summed E-state index contributed by atoms with van der Waals surface area (Å²) in [4.78, 5) is 25.1. The molecule has 1 unspecified atom stereocenters. The average Bonchev–Trinajstić information content (AvgIpc) is 2.50. The highest BCUT2D eigenvalue weighted by molar-refractivity contribution is 6.10. The number of hydrogen-bond donors (Lipinski definition) is 1. The van der Waals surface area contributed by atoms with Gasteiger partial charge in [-0.2, -0.15) is 13.2 Å². The summed E-state index contributed by atoms with van der Waals surface area (Å²) in [5.74, 6) is -1.26. The summed E-state index contributed by atoms with van der Waals surface area (Å²) in [6.45, 7) is 0.392. The Labute approximate surface area is 119 Å². The SMILES string of the molecule is CCCC1NC(=O)c2ccccc2N(CC(F)(F)F)C1=O. The quantitative estimate of drug-likeness (QED) is 0.932. The molecule has 2 amide bonds. The van der Waals surface area contributed by atoms with Crippen molar-refractivity contribution in [1.29, 1.82) is 0 Å². The third kappa shape index (κ3) is 3.34. The second-order valence-corrected chi connectivity index (χ2v) is 4.87. The standard InChI is InChI=1S/C14H15F3N2O2/c1-2-5-10-13(21)19(8-14(15,16)17)11-7-4-3-6-9(11)12(20)18-10/h3-4,6-7,10H,2,5,8H2,1H3,(H,18,20). The van der Waals surface area contributed by atoms with Crippen LogP contribution < -0.4 is 10.2 Å². The number of carbonyl (C=O) groups excluding carboxylic acids is 2. The normalized spacial score (nSPS) is 19.0. The van der Waals surface area contributed by atoms with Crippen LogP contribution >= 0.6 is 0 Å². The van der Waals surface area contributed by atoms with E-state index in [0.717, 1.165) is 0 Å². The second kappa shape index (κ2) is 5.75. The van der Waals surface area contributed by atoms with Crippen LogP contribution in [0.1, 0.15) is 30.1 Å². The molecule has 114 valence electrons. The summed E-state index contributed by atoms with van der Waals surface area (Å²) in [5, 5.41) is 2.50. The molecule has 0 bridgehead atoms. The molecule has 0 fully saturated rings. The Kier molecular flexibility index (Phi) is 4.20. The number of anilines is 1. The van der Waals surface area contributed by atoms with E-state index < -0.39 is 30.6 Å². The van der Waals surface area contributed by atoms with Crippen LogP contribution in [0.2, 0.25) is 0 Å². The van der Waals surface area contributed by atoms with Gasteiger partial charge < -0.3 is 10.2 Å². The van der Waals surface area contributed by atoms with Crippen LogP contribution in [0.25, 0.3) is 0 Å². The summed E-state index contributed by atoms with van der Waals surface area (Å²) in [6, 6.07) is 4.89. The Bertz CT molecular complexity index is 557. The molecule has 1 aliphatic rings. The number of para-hydroxylation sites is 1. The van der Waals surface area contributed by atoms with Gasteiger partial charge in [-0.3, -0.25) is 9.59 Å². The first-order valence-electron chi connectivity index (χ1n) is 6.61. The zero-order chi connectivity index (χ0) is 15.6. The van der Waals surface area contributed by atoms with Crippen LogP contribution in [0.15, 0.2) is 24.3 Å². The van der Waals surface area contributed by atoms with Crippen LogP contribution in [0.3, 0.4) is 0 Å². The largest absolute Gasteiger partial charge is 0.406 e. The van der Waals surface area contributed by atoms with Gasteiger partial charge >= 0.3 is 6.18 Å². The first-order valence-corrected chi connectivity index (χ1v) is 6.61. The maximum absolute atomic E-state index is 12.8. The summed E-state index contributed by atoms with van der Waals surface area (Å²) in [7, 11) is 0. The van der Waals surface area contributed by atoms with E-state index in [-0.39, 0.29) is 11.3 Å². The van der Waals surface area contributed by atoms with Gasteiger partial charge in [0, 0.05) is 0 Å². The molecule has 0 radical (unpaired) electrons. The number of hydrogen-bond acceptors (Lipinski definition) is 2. The fourth-order valence-electron chi connectivity index (χ4n) is 2.33. The van der Waals surface area contributed by atoms with Crippen LogP contribution in [-0.2, 0) is 4.79 Å². The summed E-state index contributed by atoms with van der Waals surface area (Å²) < 4.78 is 38.3. The molecule has 0 saturated carbocycles. The molecule has 0 spiro atoms. The first-order chi connectivity index (χ1) is 9.83. The number of carbonyl (C=O) groups is 2. The number of alkyl halides is 3. The maximum Gasteiger partial charge on any atom is 0.406 e. The van der Waals surface area contributed by atoms with Crippen molar-refractivity contribution in [2.45, 2.75) is 32.0 Å². The van der Waals surface area contributed by atoms with Gasteiger partial charge in [-0.15, -0.1) is 0 Å². The molecule has 1 aliphatic heterocycles. The Hall–Kier alpha value is -2.05. The molecule has 1 aromatic rings. The molecule has 0 aromatic heterocycles. The molecule has 21 heavy (non-hydrogen) atoms. The van der Waals surface area contributed by atoms with E-state index in [4.69, 9.17) is 0 Å². The Balaban J connectivity index is 2.47. The zero-order valence-corrected chi connectivity index (χ0v) is 11.4. The number of fused-ring (bicyclic) bond motifs is 1. The van der Waals surface area contributed by atoms with E-state index in [9.17, 15) is 22.8 Å². The van der Waals surface area contributed by atoms with Gasteiger partial charge in [0.15, 0.2) is 0 Å². The fourth-order valence-corrected chi connectivity index (χ4v) is 2.33. The van der Waals surface area contributed by atoms with Crippen molar-refractivity contribution in [3.8, 4) is 0 Å². The molecule has 0 aliphatic carbocycles. The van der Waals surface area contributed by atoms with Crippen LogP contribution in [-0.4, -0.2) is 30.6 Å². The minimum absolute atomic E-state index is 0.00377. The zero-order valence-electron chi connectivity index (χ0n) is 11.4. The topological polar surface area (TPSA) is 49.4 Å². The van der Waals surface area contributed by atoms with Crippen molar-refractivity contribution >= 4 is 17.5 Å². The molecule has 1 N–H and O–H groups in total. The van der Waals surface area contributed by atoms with Gasteiger partial charge in [0.2, 0.25) is 5.91 Å². The molecular formula is C14H15F3N2O2. The lowest BCUT2D eigenvalue weighted by Crippen LogP contribution is -2.48. The van der Waals surface area contributed by atoms with Crippen molar-refractivity contribution in [2.24, 2.45) is 0 Å². The molecule has 4 nitrogen and oxygen atoms in total. The smallest absolute Gasteiger partial charge is 0.340 e. The van der Waals surface area contributed by atoms with E-state index in [2.05, 4.69) is 5.32 Å². The monoisotopic (exact) mass is 300 g/mol. The van der Waals surface area contributed by atoms with Crippen molar-refractivity contribution in [2.75, 3.05) is 11.4 Å².